The number of anilines is 2. The maximum atomic E-state index is 12.6. The largest absolute Gasteiger partial charge is 0.573 e. The molecule has 34 heavy (non-hydrogen) atoms. The summed E-state index contributed by atoms with van der Waals surface area (Å²) in [6.45, 7) is 0. The third-order valence-corrected chi connectivity index (χ3v) is 5.21. The predicted octanol–water partition coefficient (Wildman–Crippen LogP) is 5.87. The lowest BCUT2D eigenvalue weighted by atomic mass is 9.81. The molecule has 3 rings (SSSR count). The number of carbonyl (C=O) groups is 2. The number of ether oxygens (including phenoxy) is 2. The van der Waals surface area contributed by atoms with Gasteiger partial charge in [-0.25, -0.2) is 0 Å². The Morgan fingerprint density at radius 2 is 0.971 bits per heavy atom. The topological polar surface area (TPSA) is 76.7 Å². The fourth-order valence-electron chi connectivity index (χ4n) is 3.65. The number of para-hydroxylation sites is 4. The Balaban J connectivity index is 1.56. The SMILES string of the molecule is O=C(Nc1ccccc1OC(F)(F)F)C1CCC(C(=O)Nc2ccccc2OC(F)(F)F)CC1. The molecule has 6 nitrogen and oxygen atoms in total. The second-order valence-corrected chi connectivity index (χ2v) is 7.61. The molecule has 0 radical (unpaired) electrons. The van der Waals surface area contributed by atoms with Gasteiger partial charge in [-0.1, -0.05) is 24.3 Å². The summed E-state index contributed by atoms with van der Waals surface area (Å²) in [4.78, 5) is 25.1. The van der Waals surface area contributed by atoms with Crippen LogP contribution in [0.15, 0.2) is 48.5 Å². The highest BCUT2D eigenvalue weighted by molar-refractivity contribution is 5.95. The molecule has 0 unspecified atom stereocenters. The minimum Gasteiger partial charge on any atom is -0.404 e. The zero-order valence-electron chi connectivity index (χ0n) is 17.5. The second-order valence-electron chi connectivity index (χ2n) is 7.61. The van der Waals surface area contributed by atoms with Gasteiger partial charge in [0, 0.05) is 11.8 Å². The van der Waals surface area contributed by atoms with Crippen LogP contribution in [0.4, 0.5) is 37.7 Å². The van der Waals surface area contributed by atoms with E-state index >= 15 is 0 Å². The zero-order chi connectivity index (χ0) is 24.9. The molecular formula is C22H20F6N2O4. The summed E-state index contributed by atoms with van der Waals surface area (Å²) < 4.78 is 83.2. The lowest BCUT2D eigenvalue weighted by molar-refractivity contribution is -0.275. The maximum absolute atomic E-state index is 12.6. The number of halogens is 6. The number of nitrogens with one attached hydrogen (secondary N) is 2. The Morgan fingerprint density at radius 1 is 0.647 bits per heavy atom. The number of hydrogen-bond acceptors (Lipinski definition) is 4. The van der Waals surface area contributed by atoms with Crippen LogP contribution in [0.1, 0.15) is 25.7 Å². The highest BCUT2D eigenvalue weighted by Gasteiger charge is 2.35. The molecule has 0 aliphatic heterocycles. The molecule has 1 saturated carbocycles. The molecule has 2 N–H and O–H groups in total. The number of hydrogen-bond donors (Lipinski definition) is 2. The lowest BCUT2D eigenvalue weighted by Gasteiger charge is -2.27. The molecule has 1 aliphatic rings. The van der Waals surface area contributed by atoms with Crippen molar-refractivity contribution in [2.75, 3.05) is 10.6 Å². The first-order valence-electron chi connectivity index (χ1n) is 10.2. The lowest BCUT2D eigenvalue weighted by Crippen LogP contribution is -2.32. The molecule has 1 fully saturated rings. The molecule has 184 valence electrons. The summed E-state index contributed by atoms with van der Waals surface area (Å²) in [6.07, 6.45) is -8.76. The minimum atomic E-state index is -4.92. The van der Waals surface area contributed by atoms with E-state index in [1.165, 1.54) is 36.4 Å². The van der Waals surface area contributed by atoms with E-state index in [0.717, 1.165) is 12.1 Å². The molecule has 0 atom stereocenters. The predicted molar refractivity (Wildman–Crippen MR) is 109 cm³/mol. The summed E-state index contributed by atoms with van der Waals surface area (Å²) >= 11 is 0. The van der Waals surface area contributed by atoms with Crippen LogP contribution in [-0.4, -0.2) is 24.5 Å². The van der Waals surface area contributed by atoms with Crippen LogP contribution in [-0.2, 0) is 9.59 Å². The average Bonchev–Trinajstić information content (AvgIpc) is 2.74. The molecule has 0 spiro atoms. The van der Waals surface area contributed by atoms with E-state index in [4.69, 9.17) is 0 Å². The minimum absolute atomic E-state index is 0.133. The molecule has 12 heteroatoms. The molecule has 1 aliphatic carbocycles. The molecule has 0 aromatic heterocycles. The van der Waals surface area contributed by atoms with Gasteiger partial charge in [0.2, 0.25) is 11.8 Å². The van der Waals surface area contributed by atoms with Crippen LogP contribution in [0, 0.1) is 11.8 Å². The van der Waals surface area contributed by atoms with Gasteiger partial charge in [0.25, 0.3) is 0 Å². The molecule has 0 heterocycles. The van der Waals surface area contributed by atoms with E-state index < -0.39 is 47.9 Å². The van der Waals surface area contributed by atoms with Crippen LogP contribution in [0.5, 0.6) is 11.5 Å². The standard InChI is InChI=1S/C22H20F6N2O4/c23-21(24,25)33-17-7-3-1-5-15(17)29-19(31)13-9-11-14(12-10-13)20(32)30-16-6-2-4-8-18(16)34-22(26,27)28/h1-8,13-14H,9-12H2,(H,29,31)(H,30,32). The Hall–Kier alpha value is -3.44. The number of carbonyl (C=O) groups excluding carboxylic acids is 2. The Bertz CT molecular complexity index is 935. The van der Waals surface area contributed by atoms with Gasteiger partial charge in [-0.3, -0.25) is 9.59 Å². The van der Waals surface area contributed by atoms with Crippen LogP contribution in [0.2, 0.25) is 0 Å². The Morgan fingerprint density at radius 3 is 1.29 bits per heavy atom. The van der Waals surface area contributed by atoms with E-state index in [1.54, 1.807) is 0 Å². The fraction of sp³-hybridized carbons (Fsp3) is 0.364. The normalized spacial score (nSPS) is 18.6. The van der Waals surface area contributed by atoms with E-state index in [2.05, 4.69) is 20.1 Å². The van der Waals surface area contributed by atoms with Gasteiger partial charge in [-0.2, -0.15) is 0 Å². The van der Waals surface area contributed by atoms with Crippen molar-refractivity contribution in [1.82, 2.24) is 0 Å². The van der Waals surface area contributed by atoms with Crippen molar-refractivity contribution in [3.8, 4) is 11.5 Å². The van der Waals surface area contributed by atoms with E-state index in [-0.39, 0.29) is 37.1 Å². The number of alkyl halides is 6. The summed E-state index contributed by atoms with van der Waals surface area (Å²) in [7, 11) is 0. The van der Waals surface area contributed by atoms with Crippen molar-refractivity contribution in [3.63, 3.8) is 0 Å². The third-order valence-electron chi connectivity index (χ3n) is 5.21. The smallest absolute Gasteiger partial charge is 0.404 e. The highest BCUT2D eigenvalue weighted by Crippen LogP contribution is 2.35. The van der Waals surface area contributed by atoms with Crippen molar-refractivity contribution in [1.29, 1.82) is 0 Å². The van der Waals surface area contributed by atoms with Crippen LogP contribution < -0.4 is 20.1 Å². The highest BCUT2D eigenvalue weighted by atomic mass is 19.4. The van der Waals surface area contributed by atoms with Gasteiger partial charge in [-0.15, -0.1) is 26.3 Å². The Labute approximate surface area is 190 Å². The molecule has 0 saturated heterocycles. The third kappa shape index (κ3) is 7.29. The number of benzene rings is 2. The van der Waals surface area contributed by atoms with Gasteiger partial charge in [0.05, 0.1) is 11.4 Å². The van der Waals surface area contributed by atoms with E-state index in [0.29, 0.717) is 0 Å². The van der Waals surface area contributed by atoms with Crippen LogP contribution in [0.3, 0.4) is 0 Å². The second kappa shape index (κ2) is 10.2. The Kier molecular flexibility index (Phi) is 7.57. The molecule has 2 aromatic rings. The van der Waals surface area contributed by atoms with Crippen molar-refractivity contribution in [3.05, 3.63) is 48.5 Å². The molecule has 2 aromatic carbocycles. The summed E-state index contributed by atoms with van der Waals surface area (Å²) in [5.74, 6) is -3.22. The summed E-state index contributed by atoms with van der Waals surface area (Å²) in [5.41, 5.74) is -0.267. The van der Waals surface area contributed by atoms with Gasteiger partial charge < -0.3 is 20.1 Å². The average molecular weight is 490 g/mol. The van der Waals surface area contributed by atoms with Crippen LogP contribution in [0.25, 0.3) is 0 Å². The van der Waals surface area contributed by atoms with Crippen molar-refractivity contribution >= 4 is 23.2 Å². The summed E-state index contributed by atoms with van der Waals surface area (Å²) in [5, 5.41) is 4.86. The van der Waals surface area contributed by atoms with Gasteiger partial charge >= 0.3 is 12.7 Å². The summed E-state index contributed by atoms with van der Waals surface area (Å²) in [6, 6.07) is 10.3. The zero-order valence-corrected chi connectivity index (χ0v) is 17.5. The van der Waals surface area contributed by atoms with Gasteiger partial charge in [-0.05, 0) is 49.9 Å². The van der Waals surface area contributed by atoms with E-state index in [9.17, 15) is 35.9 Å². The van der Waals surface area contributed by atoms with Crippen molar-refractivity contribution in [2.24, 2.45) is 11.8 Å². The maximum Gasteiger partial charge on any atom is 0.573 e. The first-order chi connectivity index (χ1) is 15.9. The number of amides is 2. The van der Waals surface area contributed by atoms with Gasteiger partial charge in [0.1, 0.15) is 0 Å². The van der Waals surface area contributed by atoms with E-state index in [1.807, 2.05) is 0 Å². The van der Waals surface area contributed by atoms with Crippen molar-refractivity contribution < 1.29 is 45.4 Å². The molecule has 2 amide bonds. The number of rotatable bonds is 6. The van der Waals surface area contributed by atoms with Crippen LogP contribution >= 0.6 is 0 Å². The first kappa shape index (κ1) is 25.2. The molecule has 0 bridgehead atoms. The van der Waals surface area contributed by atoms with Crippen molar-refractivity contribution in [2.45, 2.75) is 38.4 Å². The fourth-order valence-corrected chi connectivity index (χ4v) is 3.65. The molecular weight excluding hydrogens is 470 g/mol. The monoisotopic (exact) mass is 490 g/mol. The quantitative estimate of drug-likeness (QED) is 0.497. The van der Waals surface area contributed by atoms with Gasteiger partial charge in [0.15, 0.2) is 11.5 Å². The first-order valence-corrected chi connectivity index (χ1v) is 10.2.